The Balaban J connectivity index is 2.04. The first-order chi connectivity index (χ1) is 13.3. The molecule has 0 aliphatic heterocycles. The van der Waals surface area contributed by atoms with Gasteiger partial charge in [-0.15, -0.1) is 0 Å². The molecule has 144 valence electrons. The SMILES string of the molecule is Cc1ccc(C(=O)C(Cc2ccc(Cl)cc2)S(=O)(=O)c2ccc(C)cc2)cc1. The van der Waals surface area contributed by atoms with Gasteiger partial charge < -0.3 is 0 Å². The number of Topliss-reactive ketones (excluding diaryl/α,β-unsaturated/α-hetero) is 1. The first kappa shape index (κ1) is 20.3. The Kier molecular flexibility index (Phi) is 6.01. The van der Waals surface area contributed by atoms with E-state index in [9.17, 15) is 13.2 Å². The second kappa shape index (κ2) is 8.29. The monoisotopic (exact) mass is 412 g/mol. The van der Waals surface area contributed by atoms with Crippen molar-refractivity contribution in [3.8, 4) is 0 Å². The minimum atomic E-state index is -3.87. The van der Waals surface area contributed by atoms with Gasteiger partial charge in [-0.1, -0.05) is 71.3 Å². The zero-order chi connectivity index (χ0) is 20.3. The van der Waals surface area contributed by atoms with Crippen molar-refractivity contribution in [3.63, 3.8) is 0 Å². The Hall–Kier alpha value is -2.43. The van der Waals surface area contributed by atoms with Crippen molar-refractivity contribution in [3.05, 3.63) is 100 Å². The summed E-state index contributed by atoms with van der Waals surface area (Å²) in [5, 5.41) is -0.648. The molecule has 0 heterocycles. The van der Waals surface area contributed by atoms with E-state index < -0.39 is 20.9 Å². The highest BCUT2D eigenvalue weighted by Crippen LogP contribution is 2.24. The molecule has 0 aromatic heterocycles. The maximum absolute atomic E-state index is 13.3. The molecule has 0 bridgehead atoms. The number of hydrogen-bond acceptors (Lipinski definition) is 3. The van der Waals surface area contributed by atoms with Crippen molar-refractivity contribution in [2.75, 3.05) is 0 Å². The number of aryl methyl sites for hydroxylation is 2. The third kappa shape index (κ3) is 4.51. The highest BCUT2D eigenvalue weighted by atomic mass is 35.5. The van der Waals surface area contributed by atoms with Crippen molar-refractivity contribution >= 4 is 27.2 Å². The number of carbonyl (C=O) groups excluding carboxylic acids is 1. The number of rotatable bonds is 6. The summed E-state index contributed by atoms with van der Waals surface area (Å²) < 4.78 is 26.7. The highest BCUT2D eigenvalue weighted by Gasteiger charge is 2.34. The number of carbonyl (C=O) groups is 1. The van der Waals surface area contributed by atoms with E-state index in [1.807, 2.05) is 26.0 Å². The van der Waals surface area contributed by atoms with Crippen molar-refractivity contribution in [1.29, 1.82) is 0 Å². The van der Waals surface area contributed by atoms with Gasteiger partial charge in [-0.3, -0.25) is 4.79 Å². The molecular formula is C23H21ClO3S. The zero-order valence-corrected chi connectivity index (χ0v) is 17.3. The Labute approximate surface area is 170 Å². The van der Waals surface area contributed by atoms with Gasteiger partial charge in [0.15, 0.2) is 15.6 Å². The zero-order valence-electron chi connectivity index (χ0n) is 15.7. The predicted octanol–water partition coefficient (Wildman–Crippen LogP) is 5.22. The van der Waals surface area contributed by atoms with Crippen LogP contribution in [0.1, 0.15) is 27.0 Å². The van der Waals surface area contributed by atoms with Crippen molar-refractivity contribution < 1.29 is 13.2 Å². The van der Waals surface area contributed by atoms with Crippen molar-refractivity contribution in [2.24, 2.45) is 0 Å². The number of benzene rings is 3. The molecule has 3 rings (SSSR count). The van der Waals surface area contributed by atoms with Gasteiger partial charge in [0.2, 0.25) is 0 Å². The lowest BCUT2D eigenvalue weighted by molar-refractivity contribution is 0.0986. The lowest BCUT2D eigenvalue weighted by Gasteiger charge is -2.18. The molecule has 0 spiro atoms. The van der Waals surface area contributed by atoms with Crippen LogP contribution in [0.3, 0.4) is 0 Å². The Morgan fingerprint density at radius 1 is 0.821 bits per heavy atom. The molecule has 0 fully saturated rings. The largest absolute Gasteiger partial charge is 0.293 e. The molecular weight excluding hydrogens is 392 g/mol. The van der Waals surface area contributed by atoms with Crippen LogP contribution in [0.5, 0.6) is 0 Å². The van der Waals surface area contributed by atoms with E-state index in [1.54, 1.807) is 60.7 Å². The van der Waals surface area contributed by atoms with Crippen LogP contribution in [0.4, 0.5) is 0 Å². The summed E-state index contributed by atoms with van der Waals surface area (Å²) in [5.41, 5.74) is 3.09. The van der Waals surface area contributed by atoms with E-state index in [-0.39, 0.29) is 11.3 Å². The summed E-state index contributed by atoms with van der Waals surface area (Å²) in [7, 11) is -3.87. The number of ketones is 1. The molecule has 3 aromatic carbocycles. The smallest absolute Gasteiger partial charge is 0.189 e. The topological polar surface area (TPSA) is 51.2 Å². The van der Waals surface area contributed by atoms with Gasteiger partial charge in [-0.2, -0.15) is 0 Å². The number of sulfone groups is 1. The Bertz CT molecular complexity index is 1070. The Morgan fingerprint density at radius 3 is 1.86 bits per heavy atom. The van der Waals surface area contributed by atoms with Gasteiger partial charge in [-0.25, -0.2) is 8.42 Å². The highest BCUT2D eigenvalue weighted by molar-refractivity contribution is 7.92. The molecule has 1 atom stereocenters. The summed E-state index contributed by atoms with van der Waals surface area (Å²) in [4.78, 5) is 13.4. The van der Waals surface area contributed by atoms with Crippen LogP contribution < -0.4 is 0 Å². The van der Waals surface area contributed by atoms with E-state index >= 15 is 0 Å². The van der Waals surface area contributed by atoms with Gasteiger partial charge in [0.05, 0.1) is 4.90 Å². The molecule has 0 saturated heterocycles. The molecule has 3 aromatic rings. The summed E-state index contributed by atoms with van der Waals surface area (Å²) in [6.45, 7) is 3.81. The number of halogens is 1. The lowest BCUT2D eigenvalue weighted by atomic mass is 10.0. The minimum Gasteiger partial charge on any atom is -0.293 e. The van der Waals surface area contributed by atoms with Crippen LogP contribution >= 0.6 is 11.6 Å². The summed E-state index contributed by atoms with van der Waals surface area (Å²) in [5.74, 6) is -0.407. The van der Waals surface area contributed by atoms with Crippen LogP contribution in [0.2, 0.25) is 5.02 Å². The molecule has 0 radical (unpaired) electrons. The van der Waals surface area contributed by atoms with Crippen molar-refractivity contribution in [1.82, 2.24) is 0 Å². The fourth-order valence-corrected chi connectivity index (χ4v) is 4.77. The molecule has 0 saturated carbocycles. The summed E-state index contributed by atoms with van der Waals surface area (Å²) in [6, 6.07) is 20.5. The molecule has 0 amide bonds. The fourth-order valence-electron chi connectivity index (χ4n) is 2.97. The second-order valence-electron chi connectivity index (χ2n) is 6.91. The van der Waals surface area contributed by atoms with Crippen LogP contribution in [0.25, 0.3) is 0 Å². The van der Waals surface area contributed by atoms with Crippen LogP contribution in [0.15, 0.2) is 77.7 Å². The van der Waals surface area contributed by atoms with E-state index in [1.165, 1.54) is 0 Å². The molecule has 0 N–H and O–H groups in total. The van der Waals surface area contributed by atoms with E-state index in [0.717, 1.165) is 16.7 Å². The third-order valence-electron chi connectivity index (χ3n) is 4.69. The van der Waals surface area contributed by atoms with E-state index in [0.29, 0.717) is 10.6 Å². The van der Waals surface area contributed by atoms with Gasteiger partial charge in [0, 0.05) is 10.6 Å². The summed E-state index contributed by atoms with van der Waals surface area (Å²) >= 11 is 5.94. The maximum atomic E-state index is 13.3. The minimum absolute atomic E-state index is 0.0834. The molecule has 28 heavy (non-hydrogen) atoms. The molecule has 5 heteroatoms. The lowest BCUT2D eigenvalue weighted by Crippen LogP contribution is -2.33. The van der Waals surface area contributed by atoms with Gasteiger partial charge in [0.1, 0.15) is 5.25 Å². The van der Waals surface area contributed by atoms with Gasteiger partial charge in [0.25, 0.3) is 0 Å². The number of hydrogen-bond donors (Lipinski definition) is 0. The van der Waals surface area contributed by atoms with Crippen molar-refractivity contribution in [2.45, 2.75) is 30.4 Å². The average molecular weight is 413 g/mol. The van der Waals surface area contributed by atoms with E-state index in [2.05, 4.69) is 0 Å². The molecule has 0 aliphatic rings. The first-order valence-electron chi connectivity index (χ1n) is 8.93. The second-order valence-corrected chi connectivity index (χ2v) is 9.47. The normalized spacial score (nSPS) is 12.5. The van der Waals surface area contributed by atoms with Crippen LogP contribution in [-0.4, -0.2) is 19.5 Å². The maximum Gasteiger partial charge on any atom is 0.189 e. The van der Waals surface area contributed by atoms with Crippen LogP contribution in [-0.2, 0) is 16.3 Å². The quantitative estimate of drug-likeness (QED) is 0.521. The van der Waals surface area contributed by atoms with E-state index in [4.69, 9.17) is 11.6 Å². The molecule has 1 unspecified atom stereocenters. The molecule has 0 aliphatic carbocycles. The first-order valence-corrected chi connectivity index (χ1v) is 10.9. The Morgan fingerprint density at radius 2 is 1.32 bits per heavy atom. The predicted molar refractivity (Wildman–Crippen MR) is 113 cm³/mol. The third-order valence-corrected chi connectivity index (χ3v) is 7.00. The standard InChI is InChI=1S/C23H21ClO3S/c1-16-3-9-19(10-4-16)23(25)22(15-18-7-11-20(24)12-8-18)28(26,27)21-13-5-17(2)6-14-21/h3-14,22H,15H2,1-2H3. The summed E-state index contributed by atoms with van der Waals surface area (Å²) in [6.07, 6.45) is 0.0834. The fraction of sp³-hybridized carbons (Fsp3) is 0.174. The average Bonchev–Trinajstić information content (AvgIpc) is 2.68. The van der Waals surface area contributed by atoms with Crippen LogP contribution in [0, 0.1) is 13.8 Å². The molecule has 3 nitrogen and oxygen atoms in total. The van der Waals surface area contributed by atoms with Gasteiger partial charge >= 0.3 is 0 Å². The van der Waals surface area contributed by atoms with Gasteiger partial charge in [-0.05, 0) is 50.1 Å².